The first-order valence-corrected chi connectivity index (χ1v) is 9.13. The van der Waals surface area contributed by atoms with Gasteiger partial charge in [0.15, 0.2) is 6.10 Å². The third-order valence-corrected chi connectivity index (χ3v) is 4.30. The standard InChI is InChI=1S/C21H22FNO5/c1-14(20(24)23-17-5-2-4-16(22)12-17)28-21(25)15-7-9-18(10-8-15)27-13-19-6-3-11-26-19/h2,4-5,7-10,12,14,19H,3,6,11,13H2,1H3,(H,23,24)/t14-,19+/m0/s1. The van der Waals surface area contributed by atoms with Gasteiger partial charge in [-0.2, -0.15) is 0 Å². The van der Waals surface area contributed by atoms with Crippen LogP contribution in [0.3, 0.4) is 0 Å². The molecular weight excluding hydrogens is 365 g/mol. The van der Waals surface area contributed by atoms with Crippen LogP contribution >= 0.6 is 0 Å². The van der Waals surface area contributed by atoms with Gasteiger partial charge in [0.1, 0.15) is 18.2 Å². The van der Waals surface area contributed by atoms with Gasteiger partial charge in [0.25, 0.3) is 5.91 Å². The van der Waals surface area contributed by atoms with Gasteiger partial charge >= 0.3 is 5.97 Å². The van der Waals surface area contributed by atoms with Gasteiger partial charge in [0.05, 0.1) is 11.7 Å². The van der Waals surface area contributed by atoms with Gasteiger partial charge < -0.3 is 19.5 Å². The number of esters is 1. The molecule has 0 radical (unpaired) electrons. The predicted molar refractivity (Wildman–Crippen MR) is 101 cm³/mol. The number of anilines is 1. The normalized spacial score (nSPS) is 17.0. The number of hydrogen-bond donors (Lipinski definition) is 1. The zero-order valence-electron chi connectivity index (χ0n) is 15.5. The molecule has 0 bridgehead atoms. The van der Waals surface area contributed by atoms with Gasteiger partial charge in [-0.3, -0.25) is 4.79 Å². The van der Waals surface area contributed by atoms with Crippen LogP contribution in [0.15, 0.2) is 48.5 Å². The molecule has 0 saturated carbocycles. The Kier molecular flexibility index (Phi) is 6.60. The van der Waals surface area contributed by atoms with Crippen molar-refractivity contribution in [2.75, 3.05) is 18.5 Å². The summed E-state index contributed by atoms with van der Waals surface area (Å²) in [6.45, 7) is 2.69. The second kappa shape index (κ2) is 9.32. The molecule has 1 N–H and O–H groups in total. The van der Waals surface area contributed by atoms with Crippen molar-refractivity contribution in [3.8, 4) is 5.75 Å². The Bertz CT molecular complexity index is 818. The number of amides is 1. The van der Waals surface area contributed by atoms with E-state index in [0.717, 1.165) is 19.4 Å². The molecule has 28 heavy (non-hydrogen) atoms. The average molecular weight is 387 g/mol. The summed E-state index contributed by atoms with van der Waals surface area (Å²) in [5, 5.41) is 2.50. The van der Waals surface area contributed by atoms with Crippen LogP contribution in [0.2, 0.25) is 0 Å². The molecule has 0 unspecified atom stereocenters. The monoisotopic (exact) mass is 387 g/mol. The summed E-state index contributed by atoms with van der Waals surface area (Å²) in [4.78, 5) is 24.3. The van der Waals surface area contributed by atoms with E-state index in [1.165, 1.54) is 25.1 Å². The number of hydrogen-bond acceptors (Lipinski definition) is 5. The average Bonchev–Trinajstić information content (AvgIpc) is 3.20. The molecule has 1 heterocycles. The van der Waals surface area contributed by atoms with Crippen LogP contribution in [-0.2, 0) is 14.3 Å². The van der Waals surface area contributed by atoms with E-state index in [-0.39, 0.29) is 6.10 Å². The molecule has 1 saturated heterocycles. The molecule has 1 fully saturated rings. The van der Waals surface area contributed by atoms with Gasteiger partial charge in [-0.05, 0) is 62.2 Å². The van der Waals surface area contributed by atoms with Crippen LogP contribution in [0.4, 0.5) is 10.1 Å². The molecule has 1 aliphatic heterocycles. The minimum Gasteiger partial charge on any atom is -0.491 e. The lowest BCUT2D eigenvalue weighted by Gasteiger charge is -2.14. The maximum absolute atomic E-state index is 13.2. The molecule has 148 valence electrons. The van der Waals surface area contributed by atoms with E-state index in [1.807, 2.05) is 0 Å². The molecule has 7 heteroatoms. The smallest absolute Gasteiger partial charge is 0.338 e. The molecule has 2 atom stereocenters. The highest BCUT2D eigenvalue weighted by atomic mass is 19.1. The summed E-state index contributed by atoms with van der Waals surface area (Å²) >= 11 is 0. The summed E-state index contributed by atoms with van der Waals surface area (Å²) in [7, 11) is 0. The lowest BCUT2D eigenvalue weighted by molar-refractivity contribution is -0.123. The van der Waals surface area contributed by atoms with Crippen molar-refractivity contribution in [3.05, 3.63) is 59.9 Å². The zero-order chi connectivity index (χ0) is 19.9. The highest BCUT2D eigenvalue weighted by Gasteiger charge is 2.20. The minimum atomic E-state index is -1.04. The molecule has 0 aliphatic carbocycles. The quantitative estimate of drug-likeness (QED) is 0.736. The fourth-order valence-electron chi connectivity index (χ4n) is 2.74. The van der Waals surface area contributed by atoms with Crippen LogP contribution in [0.25, 0.3) is 0 Å². The van der Waals surface area contributed by atoms with Crippen molar-refractivity contribution in [2.45, 2.75) is 32.0 Å². The molecule has 0 aromatic heterocycles. The lowest BCUT2D eigenvalue weighted by Crippen LogP contribution is -2.30. The molecule has 0 spiro atoms. The highest BCUT2D eigenvalue weighted by molar-refractivity contribution is 5.97. The Labute approximate surface area is 162 Å². The Morgan fingerprint density at radius 1 is 1.25 bits per heavy atom. The third-order valence-electron chi connectivity index (χ3n) is 4.30. The zero-order valence-corrected chi connectivity index (χ0v) is 15.5. The molecule has 1 amide bonds. The van der Waals surface area contributed by atoms with Gasteiger partial charge in [0.2, 0.25) is 0 Å². The predicted octanol–water partition coefficient (Wildman–Crippen LogP) is 3.57. The number of nitrogens with one attached hydrogen (secondary N) is 1. The van der Waals surface area contributed by atoms with Crippen LogP contribution in [-0.4, -0.2) is 37.3 Å². The summed E-state index contributed by atoms with van der Waals surface area (Å²) in [5.41, 5.74) is 0.593. The first kappa shape index (κ1) is 19.8. The van der Waals surface area contributed by atoms with E-state index in [0.29, 0.717) is 23.6 Å². The van der Waals surface area contributed by atoms with E-state index in [1.54, 1.807) is 30.3 Å². The van der Waals surface area contributed by atoms with Crippen molar-refractivity contribution in [1.29, 1.82) is 0 Å². The maximum Gasteiger partial charge on any atom is 0.338 e. The minimum absolute atomic E-state index is 0.113. The van der Waals surface area contributed by atoms with Gasteiger partial charge in [0, 0.05) is 12.3 Å². The number of halogens is 1. The first-order valence-electron chi connectivity index (χ1n) is 9.13. The van der Waals surface area contributed by atoms with Crippen molar-refractivity contribution in [3.63, 3.8) is 0 Å². The number of rotatable bonds is 7. The van der Waals surface area contributed by atoms with E-state index >= 15 is 0 Å². The third kappa shape index (κ3) is 5.53. The van der Waals surface area contributed by atoms with E-state index < -0.39 is 23.8 Å². The number of benzene rings is 2. The van der Waals surface area contributed by atoms with Crippen molar-refractivity contribution >= 4 is 17.6 Å². The summed E-state index contributed by atoms with van der Waals surface area (Å²) < 4.78 is 29.5. The molecule has 1 aliphatic rings. The number of ether oxygens (including phenoxy) is 3. The fourth-order valence-corrected chi connectivity index (χ4v) is 2.74. The Balaban J connectivity index is 1.49. The fraction of sp³-hybridized carbons (Fsp3) is 0.333. The summed E-state index contributed by atoms with van der Waals surface area (Å²) in [5.74, 6) is -1.02. The van der Waals surface area contributed by atoms with Crippen LogP contribution in [0.1, 0.15) is 30.1 Å². The van der Waals surface area contributed by atoms with Crippen molar-refractivity contribution in [2.24, 2.45) is 0 Å². The topological polar surface area (TPSA) is 73.9 Å². The van der Waals surface area contributed by atoms with Gasteiger partial charge in [-0.25, -0.2) is 9.18 Å². The lowest BCUT2D eigenvalue weighted by atomic mass is 10.2. The number of carbonyl (C=O) groups is 2. The van der Waals surface area contributed by atoms with E-state index in [2.05, 4.69) is 5.32 Å². The van der Waals surface area contributed by atoms with Crippen LogP contribution in [0.5, 0.6) is 5.75 Å². The Morgan fingerprint density at radius 3 is 2.71 bits per heavy atom. The van der Waals surface area contributed by atoms with Crippen molar-refractivity contribution < 1.29 is 28.2 Å². The molecule has 2 aromatic carbocycles. The second-order valence-electron chi connectivity index (χ2n) is 6.52. The maximum atomic E-state index is 13.2. The second-order valence-corrected chi connectivity index (χ2v) is 6.52. The van der Waals surface area contributed by atoms with Gasteiger partial charge in [-0.15, -0.1) is 0 Å². The van der Waals surface area contributed by atoms with E-state index in [9.17, 15) is 14.0 Å². The van der Waals surface area contributed by atoms with Crippen molar-refractivity contribution in [1.82, 2.24) is 0 Å². The highest BCUT2D eigenvalue weighted by Crippen LogP contribution is 2.17. The van der Waals surface area contributed by atoms with E-state index in [4.69, 9.17) is 14.2 Å². The first-order chi connectivity index (χ1) is 13.5. The Hall–Kier alpha value is -2.93. The molecular formula is C21H22FNO5. The number of carbonyl (C=O) groups excluding carboxylic acids is 2. The Morgan fingerprint density at radius 2 is 2.04 bits per heavy atom. The van der Waals surface area contributed by atoms with Crippen LogP contribution in [0, 0.1) is 5.82 Å². The molecule has 2 aromatic rings. The van der Waals surface area contributed by atoms with Crippen LogP contribution < -0.4 is 10.1 Å². The van der Waals surface area contributed by atoms with Gasteiger partial charge in [-0.1, -0.05) is 6.07 Å². The summed E-state index contributed by atoms with van der Waals surface area (Å²) in [6, 6.07) is 12.0. The largest absolute Gasteiger partial charge is 0.491 e. The summed E-state index contributed by atoms with van der Waals surface area (Å²) in [6.07, 6.45) is 1.11. The molecule has 6 nitrogen and oxygen atoms in total. The molecule has 3 rings (SSSR count). The SMILES string of the molecule is C[C@H](OC(=O)c1ccc(OC[C@H]2CCCO2)cc1)C(=O)Nc1cccc(F)c1.